The van der Waals surface area contributed by atoms with Gasteiger partial charge in [0.15, 0.2) is 11.6 Å². The minimum atomic E-state index is -4.70. The molecule has 3 heterocycles. The molecule has 0 bridgehead atoms. The van der Waals surface area contributed by atoms with Gasteiger partial charge in [-0.05, 0) is 18.6 Å². The number of hydrogen-bond acceptors (Lipinski definition) is 8. The van der Waals surface area contributed by atoms with Gasteiger partial charge in [0.2, 0.25) is 5.82 Å². The van der Waals surface area contributed by atoms with Gasteiger partial charge in [0.1, 0.15) is 23.5 Å². The second-order valence-corrected chi connectivity index (χ2v) is 7.55. The van der Waals surface area contributed by atoms with Gasteiger partial charge < -0.3 is 15.6 Å². The first-order chi connectivity index (χ1) is 17.2. The van der Waals surface area contributed by atoms with E-state index in [1.54, 1.807) is 17.7 Å². The highest BCUT2D eigenvalue weighted by molar-refractivity contribution is 6.00. The standard InChI is InChI=1S/C22H18F5N9/c1-2-16(15(35-29)8-30-14-5-3-4-13(23)18(14)24)36-9-12(17-19(28)33-10-34-20(17)36)11-6-31-21(32-7-11)22(25,26)27/h3-10,16,29-30H,2H2,1H3,(H2,28,33,34)/b15-8-,35-29?. The number of rotatable bonds is 7. The van der Waals surface area contributed by atoms with Crippen LogP contribution in [0.1, 0.15) is 25.2 Å². The minimum Gasteiger partial charge on any atom is -0.383 e. The van der Waals surface area contributed by atoms with E-state index in [1.165, 1.54) is 24.7 Å². The molecule has 0 aliphatic carbocycles. The molecular formula is C22H18F5N9. The first-order valence-corrected chi connectivity index (χ1v) is 10.4. The Labute approximate surface area is 200 Å². The Hall–Kier alpha value is -4.49. The van der Waals surface area contributed by atoms with Crippen LogP contribution in [0.5, 0.6) is 0 Å². The van der Waals surface area contributed by atoms with E-state index in [4.69, 9.17) is 11.3 Å². The number of anilines is 2. The average molecular weight is 503 g/mol. The number of hydrogen-bond donors (Lipinski definition) is 3. The van der Waals surface area contributed by atoms with Crippen molar-refractivity contribution < 1.29 is 22.0 Å². The van der Waals surface area contributed by atoms with E-state index >= 15 is 0 Å². The summed E-state index contributed by atoms with van der Waals surface area (Å²) in [5.74, 6) is -3.37. The molecule has 14 heteroatoms. The molecule has 1 aromatic carbocycles. The maximum absolute atomic E-state index is 14.0. The summed E-state index contributed by atoms with van der Waals surface area (Å²) in [5.41, 5.74) is 14.6. The molecule has 186 valence electrons. The van der Waals surface area contributed by atoms with Crippen LogP contribution in [0.2, 0.25) is 0 Å². The van der Waals surface area contributed by atoms with Gasteiger partial charge in [-0.2, -0.15) is 18.3 Å². The first-order valence-electron chi connectivity index (χ1n) is 10.4. The van der Waals surface area contributed by atoms with Crippen molar-refractivity contribution in [2.45, 2.75) is 25.6 Å². The molecule has 1 atom stereocenters. The van der Waals surface area contributed by atoms with Gasteiger partial charge in [0.25, 0.3) is 0 Å². The quantitative estimate of drug-likeness (QED) is 0.219. The van der Waals surface area contributed by atoms with E-state index < -0.39 is 29.7 Å². The molecule has 9 nitrogen and oxygen atoms in total. The number of allylic oxidation sites excluding steroid dienone is 1. The lowest BCUT2D eigenvalue weighted by Crippen LogP contribution is -2.11. The van der Waals surface area contributed by atoms with E-state index in [0.717, 1.165) is 18.5 Å². The lowest BCUT2D eigenvalue weighted by atomic mass is 10.1. The van der Waals surface area contributed by atoms with E-state index in [-0.39, 0.29) is 22.8 Å². The smallest absolute Gasteiger partial charge is 0.383 e. The SMILES string of the molecule is CCC(/C(=C/Nc1cccc(F)c1F)N=N)n1cc(-c2cnc(C(F)(F)F)nc2)c2c(N)ncnc21. The lowest BCUT2D eigenvalue weighted by Gasteiger charge is -2.18. The summed E-state index contributed by atoms with van der Waals surface area (Å²) < 4.78 is 67.9. The molecule has 4 N–H and O–H groups in total. The predicted molar refractivity (Wildman–Crippen MR) is 121 cm³/mol. The fraction of sp³-hybridized carbons (Fsp3) is 0.182. The van der Waals surface area contributed by atoms with Gasteiger partial charge in [-0.3, -0.25) is 0 Å². The number of nitrogens with zero attached hydrogens (tertiary/aromatic N) is 6. The molecule has 36 heavy (non-hydrogen) atoms. The second-order valence-electron chi connectivity index (χ2n) is 7.55. The van der Waals surface area contributed by atoms with Crippen LogP contribution in [0.4, 0.5) is 33.5 Å². The molecule has 0 saturated carbocycles. The number of benzene rings is 1. The third-order valence-electron chi connectivity index (χ3n) is 5.38. The number of nitrogens with one attached hydrogen (secondary N) is 2. The van der Waals surface area contributed by atoms with E-state index in [2.05, 4.69) is 30.4 Å². The van der Waals surface area contributed by atoms with Crippen molar-refractivity contribution in [1.82, 2.24) is 24.5 Å². The highest BCUT2D eigenvalue weighted by Crippen LogP contribution is 2.37. The minimum absolute atomic E-state index is 0.0665. The molecule has 0 spiro atoms. The summed E-state index contributed by atoms with van der Waals surface area (Å²) in [5, 5.41) is 6.50. The van der Waals surface area contributed by atoms with Crippen molar-refractivity contribution in [1.29, 1.82) is 5.53 Å². The van der Waals surface area contributed by atoms with Gasteiger partial charge in [-0.25, -0.2) is 34.2 Å². The number of nitrogens with two attached hydrogens (primary N) is 1. The van der Waals surface area contributed by atoms with Crippen molar-refractivity contribution in [3.05, 3.63) is 72.5 Å². The van der Waals surface area contributed by atoms with Gasteiger partial charge >= 0.3 is 6.18 Å². The van der Waals surface area contributed by atoms with Crippen molar-refractivity contribution >= 4 is 22.5 Å². The molecule has 0 fully saturated rings. The van der Waals surface area contributed by atoms with Gasteiger partial charge in [0, 0.05) is 35.9 Å². The zero-order chi connectivity index (χ0) is 26.0. The average Bonchev–Trinajstić information content (AvgIpc) is 3.24. The molecule has 4 aromatic rings. The maximum Gasteiger partial charge on any atom is 0.451 e. The van der Waals surface area contributed by atoms with Crippen LogP contribution >= 0.6 is 0 Å². The van der Waals surface area contributed by atoms with Crippen LogP contribution in [-0.4, -0.2) is 24.5 Å². The second kappa shape index (κ2) is 9.64. The van der Waals surface area contributed by atoms with Crippen molar-refractivity contribution in [3.63, 3.8) is 0 Å². The molecule has 0 aliphatic heterocycles. The topological polar surface area (TPSA) is 131 Å². The Balaban J connectivity index is 1.80. The molecule has 0 amide bonds. The largest absolute Gasteiger partial charge is 0.451 e. The van der Waals surface area contributed by atoms with Crippen LogP contribution in [0.3, 0.4) is 0 Å². The highest BCUT2D eigenvalue weighted by atomic mass is 19.4. The van der Waals surface area contributed by atoms with Crippen LogP contribution in [0.15, 0.2) is 60.1 Å². The number of aromatic nitrogens is 5. The molecular weight excluding hydrogens is 485 g/mol. The van der Waals surface area contributed by atoms with E-state index in [9.17, 15) is 22.0 Å². The third kappa shape index (κ3) is 4.56. The zero-order valence-electron chi connectivity index (χ0n) is 18.6. The number of nitrogen functional groups attached to an aromatic ring is 1. The Kier molecular flexibility index (Phi) is 6.59. The molecule has 1 unspecified atom stereocenters. The summed E-state index contributed by atoms with van der Waals surface area (Å²) in [4.78, 5) is 15.0. The van der Waals surface area contributed by atoms with Crippen LogP contribution < -0.4 is 11.1 Å². The lowest BCUT2D eigenvalue weighted by molar-refractivity contribution is -0.144. The summed E-state index contributed by atoms with van der Waals surface area (Å²) in [6.45, 7) is 1.80. The molecule has 3 aromatic heterocycles. The van der Waals surface area contributed by atoms with Gasteiger partial charge in [-0.1, -0.05) is 13.0 Å². The Bertz CT molecular complexity index is 1450. The van der Waals surface area contributed by atoms with Crippen molar-refractivity contribution in [2.75, 3.05) is 11.1 Å². The predicted octanol–water partition coefficient (Wildman–Crippen LogP) is 5.70. The van der Waals surface area contributed by atoms with Crippen molar-refractivity contribution in [3.8, 4) is 11.1 Å². The number of alkyl halides is 3. The van der Waals surface area contributed by atoms with Crippen LogP contribution in [0.25, 0.3) is 22.2 Å². The number of fused-ring (bicyclic) bond motifs is 1. The van der Waals surface area contributed by atoms with Gasteiger partial charge in [-0.15, -0.1) is 0 Å². The Morgan fingerprint density at radius 3 is 2.56 bits per heavy atom. The summed E-state index contributed by atoms with van der Waals surface area (Å²) in [6.07, 6.45) is 1.75. The van der Waals surface area contributed by atoms with E-state index in [0.29, 0.717) is 23.0 Å². The zero-order valence-corrected chi connectivity index (χ0v) is 18.6. The van der Waals surface area contributed by atoms with Gasteiger partial charge in [0.05, 0.1) is 17.1 Å². The molecule has 0 saturated heterocycles. The van der Waals surface area contributed by atoms with Crippen LogP contribution in [0, 0.1) is 17.2 Å². The summed E-state index contributed by atoms with van der Waals surface area (Å²) >= 11 is 0. The van der Waals surface area contributed by atoms with Crippen LogP contribution in [-0.2, 0) is 6.18 Å². The fourth-order valence-electron chi connectivity index (χ4n) is 3.70. The normalized spacial score (nSPS) is 13.1. The molecule has 0 aliphatic rings. The summed E-state index contributed by atoms with van der Waals surface area (Å²) in [6, 6.07) is 2.96. The third-order valence-corrected chi connectivity index (χ3v) is 5.38. The van der Waals surface area contributed by atoms with E-state index in [1.807, 2.05) is 0 Å². The monoisotopic (exact) mass is 503 g/mol. The first kappa shape index (κ1) is 24.6. The fourth-order valence-corrected chi connectivity index (χ4v) is 3.70. The maximum atomic E-state index is 14.0. The Morgan fingerprint density at radius 2 is 1.92 bits per heavy atom. The Morgan fingerprint density at radius 1 is 1.19 bits per heavy atom. The molecule has 0 radical (unpaired) electrons. The van der Waals surface area contributed by atoms with Crippen molar-refractivity contribution in [2.24, 2.45) is 5.11 Å². The molecule has 4 rings (SSSR count). The number of halogens is 5. The highest BCUT2D eigenvalue weighted by Gasteiger charge is 2.34. The summed E-state index contributed by atoms with van der Waals surface area (Å²) in [7, 11) is 0.